The molecule has 0 aliphatic carbocycles. The molecule has 2 rings (SSSR count). The van der Waals surface area contributed by atoms with E-state index in [-0.39, 0.29) is 5.54 Å². The van der Waals surface area contributed by atoms with Crippen LogP contribution in [0.4, 0.5) is 0 Å². The Morgan fingerprint density at radius 2 is 1.84 bits per heavy atom. The molecule has 1 aromatic carbocycles. The topological polar surface area (TPSA) is 30.7 Å². The molecule has 0 aliphatic heterocycles. The molecule has 0 N–H and O–H groups in total. The van der Waals surface area contributed by atoms with Gasteiger partial charge in [-0.1, -0.05) is 45.8 Å². The molecule has 0 spiro atoms. The van der Waals surface area contributed by atoms with Gasteiger partial charge in [-0.25, -0.2) is 0 Å². The average Bonchev–Trinajstić information content (AvgIpc) is 2.71. The number of nitrogens with zero attached hydrogens (tertiary/aromatic N) is 3. The maximum atomic E-state index is 4.36. The molecule has 0 bridgehead atoms. The van der Waals surface area contributed by atoms with Gasteiger partial charge in [-0.15, -0.1) is 10.2 Å². The van der Waals surface area contributed by atoms with Crippen LogP contribution < -0.4 is 0 Å². The van der Waals surface area contributed by atoms with Gasteiger partial charge in [0, 0.05) is 12.0 Å². The van der Waals surface area contributed by atoms with Crippen LogP contribution in [-0.2, 0) is 17.3 Å². The van der Waals surface area contributed by atoms with Gasteiger partial charge in [-0.3, -0.25) is 0 Å². The first kappa shape index (κ1) is 14.3. The zero-order chi connectivity index (χ0) is 14.0. The number of aryl methyl sites for hydroxylation is 1. The SMILES string of the molecule is Cc1cccc(Cc2nnc(CBr)n2C(C)(C)C)c1. The molecule has 1 heterocycles. The summed E-state index contributed by atoms with van der Waals surface area (Å²) in [5.41, 5.74) is 2.55. The molecule has 1 aromatic heterocycles. The van der Waals surface area contributed by atoms with E-state index in [0.717, 1.165) is 23.4 Å². The van der Waals surface area contributed by atoms with Crippen LogP contribution in [0.3, 0.4) is 0 Å². The molecule has 3 nitrogen and oxygen atoms in total. The highest BCUT2D eigenvalue weighted by Crippen LogP contribution is 2.22. The molecule has 0 saturated heterocycles. The summed E-state index contributed by atoms with van der Waals surface area (Å²) >= 11 is 3.49. The average molecular weight is 322 g/mol. The second-order valence-electron chi connectivity index (χ2n) is 5.84. The number of hydrogen-bond donors (Lipinski definition) is 0. The predicted molar refractivity (Wildman–Crippen MR) is 81.6 cm³/mol. The Balaban J connectivity index is 2.38. The van der Waals surface area contributed by atoms with Crippen molar-refractivity contribution in [3.63, 3.8) is 0 Å². The van der Waals surface area contributed by atoms with E-state index < -0.39 is 0 Å². The molecule has 0 atom stereocenters. The van der Waals surface area contributed by atoms with Gasteiger partial charge in [0.2, 0.25) is 0 Å². The Hall–Kier alpha value is -1.16. The first-order chi connectivity index (χ1) is 8.91. The van der Waals surface area contributed by atoms with E-state index in [1.54, 1.807) is 0 Å². The molecule has 0 fully saturated rings. The maximum Gasteiger partial charge on any atom is 0.144 e. The monoisotopic (exact) mass is 321 g/mol. The fourth-order valence-corrected chi connectivity index (χ4v) is 2.70. The van der Waals surface area contributed by atoms with Crippen LogP contribution in [0.5, 0.6) is 0 Å². The minimum absolute atomic E-state index is 0.00817. The summed E-state index contributed by atoms with van der Waals surface area (Å²) in [4.78, 5) is 0. The zero-order valence-electron chi connectivity index (χ0n) is 11.9. The standard InChI is InChI=1S/C15H20BrN3/c1-11-6-5-7-12(8-11)9-13-17-18-14(10-16)19(13)15(2,3)4/h5-8H,9-10H2,1-4H3. The maximum absolute atomic E-state index is 4.36. The van der Waals surface area contributed by atoms with Crippen molar-refractivity contribution in [1.29, 1.82) is 0 Å². The van der Waals surface area contributed by atoms with Gasteiger partial charge >= 0.3 is 0 Å². The molecule has 102 valence electrons. The van der Waals surface area contributed by atoms with Crippen LogP contribution >= 0.6 is 15.9 Å². The van der Waals surface area contributed by atoms with E-state index in [1.807, 2.05) is 0 Å². The minimum Gasteiger partial charge on any atom is -0.309 e. The van der Waals surface area contributed by atoms with E-state index in [0.29, 0.717) is 0 Å². The van der Waals surface area contributed by atoms with Crippen molar-refractivity contribution < 1.29 is 0 Å². The Bertz CT molecular complexity index is 567. The number of benzene rings is 1. The molecule has 0 amide bonds. The molecule has 2 aromatic rings. The van der Waals surface area contributed by atoms with Crippen molar-refractivity contribution in [3.05, 3.63) is 47.0 Å². The summed E-state index contributed by atoms with van der Waals surface area (Å²) in [6.07, 6.45) is 0.818. The number of alkyl halides is 1. The second kappa shape index (κ2) is 5.45. The summed E-state index contributed by atoms with van der Waals surface area (Å²) in [7, 11) is 0. The lowest BCUT2D eigenvalue weighted by molar-refractivity contribution is 0.375. The van der Waals surface area contributed by atoms with Crippen LogP contribution in [0.2, 0.25) is 0 Å². The second-order valence-corrected chi connectivity index (χ2v) is 6.40. The minimum atomic E-state index is -0.00817. The van der Waals surface area contributed by atoms with Crippen LogP contribution in [-0.4, -0.2) is 14.8 Å². The number of halogens is 1. The van der Waals surface area contributed by atoms with Gasteiger partial charge in [-0.05, 0) is 33.3 Å². The van der Waals surface area contributed by atoms with Gasteiger partial charge in [0.15, 0.2) is 0 Å². The van der Waals surface area contributed by atoms with Crippen molar-refractivity contribution in [1.82, 2.24) is 14.8 Å². The van der Waals surface area contributed by atoms with Crippen molar-refractivity contribution in [3.8, 4) is 0 Å². The first-order valence-corrected chi connectivity index (χ1v) is 7.59. The van der Waals surface area contributed by atoms with E-state index in [4.69, 9.17) is 0 Å². The fourth-order valence-electron chi connectivity index (χ4n) is 2.33. The van der Waals surface area contributed by atoms with Gasteiger partial charge in [-0.2, -0.15) is 0 Å². The van der Waals surface area contributed by atoms with Crippen LogP contribution in [0.1, 0.15) is 43.5 Å². The van der Waals surface area contributed by atoms with Gasteiger partial charge in [0.1, 0.15) is 11.6 Å². The molecular formula is C15H20BrN3. The third-order valence-electron chi connectivity index (χ3n) is 3.03. The van der Waals surface area contributed by atoms with Crippen LogP contribution in [0, 0.1) is 6.92 Å². The predicted octanol–water partition coefficient (Wildman–Crippen LogP) is 3.83. The highest BCUT2D eigenvalue weighted by Gasteiger charge is 2.22. The van der Waals surface area contributed by atoms with E-state index in [2.05, 4.69) is 82.7 Å². The summed E-state index contributed by atoms with van der Waals surface area (Å²) in [5.74, 6) is 2.00. The number of aromatic nitrogens is 3. The highest BCUT2D eigenvalue weighted by molar-refractivity contribution is 9.08. The Kier molecular flexibility index (Phi) is 4.09. The summed E-state index contributed by atoms with van der Waals surface area (Å²) in [6, 6.07) is 8.55. The lowest BCUT2D eigenvalue weighted by Crippen LogP contribution is -2.26. The van der Waals surface area contributed by atoms with Gasteiger partial charge in [0.05, 0.1) is 5.33 Å². The van der Waals surface area contributed by atoms with E-state index >= 15 is 0 Å². The number of hydrogen-bond acceptors (Lipinski definition) is 2. The molecule has 4 heteroatoms. The molecule has 19 heavy (non-hydrogen) atoms. The van der Waals surface area contributed by atoms with E-state index in [1.165, 1.54) is 11.1 Å². The quantitative estimate of drug-likeness (QED) is 0.804. The Morgan fingerprint density at radius 3 is 2.42 bits per heavy atom. The van der Waals surface area contributed by atoms with Crippen molar-refractivity contribution in [2.24, 2.45) is 0 Å². The number of rotatable bonds is 3. The smallest absolute Gasteiger partial charge is 0.144 e. The summed E-state index contributed by atoms with van der Waals surface area (Å²) in [5, 5.41) is 9.37. The largest absolute Gasteiger partial charge is 0.309 e. The Morgan fingerprint density at radius 1 is 1.16 bits per heavy atom. The Labute approximate surface area is 123 Å². The van der Waals surface area contributed by atoms with Crippen molar-refractivity contribution in [2.45, 2.75) is 45.0 Å². The molecule has 0 saturated carbocycles. The van der Waals surface area contributed by atoms with Crippen LogP contribution in [0.25, 0.3) is 0 Å². The molecule has 0 aliphatic rings. The lowest BCUT2D eigenvalue weighted by Gasteiger charge is -2.24. The van der Waals surface area contributed by atoms with Crippen LogP contribution in [0.15, 0.2) is 24.3 Å². The summed E-state index contributed by atoms with van der Waals surface area (Å²) < 4.78 is 2.23. The molecule has 0 unspecified atom stereocenters. The summed E-state index contributed by atoms with van der Waals surface area (Å²) in [6.45, 7) is 8.66. The molecular weight excluding hydrogens is 302 g/mol. The first-order valence-electron chi connectivity index (χ1n) is 6.47. The molecule has 0 radical (unpaired) electrons. The van der Waals surface area contributed by atoms with Crippen molar-refractivity contribution >= 4 is 15.9 Å². The fraction of sp³-hybridized carbons (Fsp3) is 0.467. The van der Waals surface area contributed by atoms with Gasteiger partial charge < -0.3 is 4.57 Å². The van der Waals surface area contributed by atoms with E-state index in [9.17, 15) is 0 Å². The zero-order valence-corrected chi connectivity index (χ0v) is 13.5. The third kappa shape index (κ3) is 3.24. The normalized spacial score (nSPS) is 11.8. The van der Waals surface area contributed by atoms with Crippen molar-refractivity contribution in [2.75, 3.05) is 0 Å². The highest BCUT2D eigenvalue weighted by atomic mass is 79.9. The van der Waals surface area contributed by atoms with Gasteiger partial charge in [0.25, 0.3) is 0 Å². The lowest BCUT2D eigenvalue weighted by atomic mass is 10.1. The third-order valence-corrected chi connectivity index (χ3v) is 3.53.